The summed E-state index contributed by atoms with van der Waals surface area (Å²) in [5.74, 6) is 1.33. The lowest BCUT2D eigenvalue weighted by molar-refractivity contribution is -0.113. The van der Waals surface area contributed by atoms with Gasteiger partial charge in [0, 0.05) is 19.6 Å². The molecule has 9 nitrogen and oxygen atoms in total. The number of carbonyl (C=O) groups is 1. The number of nitrogens with zero attached hydrogens (tertiary/aromatic N) is 6. The average Bonchev–Trinajstić information content (AvgIpc) is 3.52. The van der Waals surface area contributed by atoms with Crippen LogP contribution in [0.5, 0.6) is 0 Å². The summed E-state index contributed by atoms with van der Waals surface area (Å²) in [6, 6.07) is 11.1. The first-order valence-electron chi connectivity index (χ1n) is 10.8. The number of hydrogen-bond acceptors (Lipinski definition) is 7. The number of carbonyl (C=O) groups excluding carboxylic acids is 1. The number of allylic oxidation sites excluding steroid dienone is 1. The van der Waals surface area contributed by atoms with Gasteiger partial charge in [-0.3, -0.25) is 18.6 Å². The molecule has 5 rings (SSSR count). The van der Waals surface area contributed by atoms with Crippen LogP contribution in [0.2, 0.25) is 0 Å². The number of amides is 1. The van der Waals surface area contributed by atoms with Crippen LogP contribution in [0.25, 0.3) is 16.7 Å². The van der Waals surface area contributed by atoms with Crippen molar-refractivity contribution < 1.29 is 4.79 Å². The Balaban J connectivity index is 1.35. The van der Waals surface area contributed by atoms with E-state index < -0.39 is 0 Å². The van der Waals surface area contributed by atoms with Crippen LogP contribution in [0.4, 0.5) is 11.5 Å². The van der Waals surface area contributed by atoms with Crippen molar-refractivity contribution in [2.24, 2.45) is 0 Å². The molecule has 0 atom stereocenters. The van der Waals surface area contributed by atoms with Crippen molar-refractivity contribution in [1.29, 1.82) is 0 Å². The molecular formula is C23H23N7O2S. The summed E-state index contributed by atoms with van der Waals surface area (Å²) in [5.41, 5.74) is 1.21. The number of rotatable bonds is 7. The highest BCUT2D eigenvalue weighted by Crippen LogP contribution is 2.23. The highest BCUT2D eigenvalue weighted by Gasteiger charge is 2.17. The molecule has 0 spiro atoms. The molecule has 0 aliphatic carbocycles. The second-order valence-electron chi connectivity index (χ2n) is 7.78. The number of hydrogen-bond donors (Lipinski definition) is 1. The van der Waals surface area contributed by atoms with Gasteiger partial charge in [-0.25, -0.2) is 4.98 Å². The molecule has 4 aromatic rings. The molecule has 1 fully saturated rings. The van der Waals surface area contributed by atoms with E-state index in [-0.39, 0.29) is 17.2 Å². The van der Waals surface area contributed by atoms with Gasteiger partial charge in [0.15, 0.2) is 5.16 Å². The summed E-state index contributed by atoms with van der Waals surface area (Å²) < 4.78 is 3.34. The van der Waals surface area contributed by atoms with E-state index in [0.717, 1.165) is 18.9 Å². The van der Waals surface area contributed by atoms with E-state index in [9.17, 15) is 9.59 Å². The summed E-state index contributed by atoms with van der Waals surface area (Å²) in [6.07, 6.45) is 5.71. The minimum absolute atomic E-state index is 0.142. The Bertz CT molecular complexity index is 1390. The van der Waals surface area contributed by atoms with Gasteiger partial charge in [0.05, 0.1) is 28.5 Å². The number of thioether (sulfide) groups is 1. The molecule has 1 amide bonds. The molecule has 1 aliphatic heterocycles. The Labute approximate surface area is 194 Å². The Kier molecular flexibility index (Phi) is 5.82. The second-order valence-corrected chi connectivity index (χ2v) is 8.72. The predicted molar refractivity (Wildman–Crippen MR) is 130 cm³/mol. The van der Waals surface area contributed by atoms with Gasteiger partial charge in [0.1, 0.15) is 5.82 Å². The molecule has 168 valence electrons. The highest BCUT2D eigenvalue weighted by atomic mass is 32.2. The molecule has 0 unspecified atom stereocenters. The van der Waals surface area contributed by atoms with Crippen LogP contribution >= 0.6 is 11.8 Å². The van der Waals surface area contributed by atoms with Crippen LogP contribution in [-0.2, 0) is 11.3 Å². The zero-order valence-corrected chi connectivity index (χ0v) is 18.8. The lowest BCUT2D eigenvalue weighted by atomic mass is 10.2. The number of pyridine rings is 1. The Morgan fingerprint density at radius 2 is 1.97 bits per heavy atom. The summed E-state index contributed by atoms with van der Waals surface area (Å²) in [5, 5.41) is 12.4. The summed E-state index contributed by atoms with van der Waals surface area (Å²) in [6.45, 7) is 6.10. The summed E-state index contributed by atoms with van der Waals surface area (Å²) in [7, 11) is 0. The monoisotopic (exact) mass is 461 g/mol. The molecule has 1 aromatic carbocycles. The first-order chi connectivity index (χ1) is 16.2. The van der Waals surface area contributed by atoms with Crippen LogP contribution in [0.3, 0.4) is 0 Å². The lowest BCUT2D eigenvalue weighted by Crippen LogP contribution is -2.22. The number of fused-ring (bicyclic) bond motifs is 3. The van der Waals surface area contributed by atoms with Gasteiger partial charge >= 0.3 is 0 Å². The first kappa shape index (κ1) is 21.2. The smallest absolute Gasteiger partial charge is 0.263 e. The molecule has 4 heterocycles. The van der Waals surface area contributed by atoms with Gasteiger partial charge in [-0.15, -0.1) is 16.8 Å². The molecule has 1 N–H and O–H groups in total. The van der Waals surface area contributed by atoms with E-state index in [1.807, 2.05) is 34.7 Å². The van der Waals surface area contributed by atoms with Crippen molar-refractivity contribution in [1.82, 2.24) is 24.1 Å². The van der Waals surface area contributed by atoms with Gasteiger partial charge in [-0.2, -0.15) is 0 Å². The van der Waals surface area contributed by atoms with E-state index in [0.29, 0.717) is 34.1 Å². The molecular weight excluding hydrogens is 438 g/mol. The Morgan fingerprint density at radius 3 is 2.73 bits per heavy atom. The van der Waals surface area contributed by atoms with Gasteiger partial charge in [0.2, 0.25) is 11.7 Å². The molecule has 0 saturated carbocycles. The van der Waals surface area contributed by atoms with Gasteiger partial charge in [-0.05, 0) is 37.1 Å². The fourth-order valence-corrected chi connectivity index (χ4v) is 4.78. The zero-order chi connectivity index (χ0) is 22.8. The largest absolute Gasteiger partial charge is 0.357 e. The Hall–Kier alpha value is -3.66. The van der Waals surface area contributed by atoms with Crippen LogP contribution < -0.4 is 15.8 Å². The van der Waals surface area contributed by atoms with Crippen LogP contribution in [-0.4, -0.2) is 48.9 Å². The van der Waals surface area contributed by atoms with Crippen molar-refractivity contribution in [3.05, 3.63) is 65.6 Å². The Morgan fingerprint density at radius 1 is 1.15 bits per heavy atom. The number of para-hydroxylation sites is 1. The molecule has 10 heteroatoms. The molecule has 0 bridgehead atoms. The third-order valence-corrected chi connectivity index (χ3v) is 6.51. The normalized spacial score (nSPS) is 13.6. The van der Waals surface area contributed by atoms with E-state index >= 15 is 0 Å². The molecule has 33 heavy (non-hydrogen) atoms. The van der Waals surface area contributed by atoms with Gasteiger partial charge in [-0.1, -0.05) is 30.0 Å². The second kappa shape index (κ2) is 9.07. The van der Waals surface area contributed by atoms with Gasteiger partial charge in [0.25, 0.3) is 5.56 Å². The highest BCUT2D eigenvalue weighted by molar-refractivity contribution is 7.99. The molecule has 0 radical (unpaired) electrons. The van der Waals surface area contributed by atoms with E-state index in [1.165, 1.54) is 29.2 Å². The van der Waals surface area contributed by atoms with Crippen molar-refractivity contribution in [3.8, 4) is 0 Å². The van der Waals surface area contributed by atoms with Gasteiger partial charge < -0.3 is 10.2 Å². The van der Waals surface area contributed by atoms with Crippen molar-refractivity contribution >= 4 is 45.9 Å². The van der Waals surface area contributed by atoms with Crippen molar-refractivity contribution in [2.75, 3.05) is 29.1 Å². The van der Waals surface area contributed by atoms with Crippen LogP contribution in [0.15, 0.2) is 65.2 Å². The molecule has 1 saturated heterocycles. The quantitative estimate of drug-likeness (QED) is 0.334. The third-order valence-electron chi connectivity index (χ3n) is 5.58. The maximum atomic E-state index is 12.9. The summed E-state index contributed by atoms with van der Waals surface area (Å²) in [4.78, 5) is 32.2. The maximum absolute atomic E-state index is 12.9. The van der Waals surface area contributed by atoms with E-state index in [2.05, 4.69) is 32.0 Å². The van der Waals surface area contributed by atoms with E-state index in [1.54, 1.807) is 18.3 Å². The lowest BCUT2D eigenvalue weighted by Gasteiger charge is -2.16. The minimum Gasteiger partial charge on any atom is -0.357 e. The third kappa shape index (κ3) is 4.09. The standard InChI is InChI=1S/C23H23N7O2S/c1-2-11-29-21(32)17-7-3-4-8-18(17)30-22(29)26-27-23(30)33-15-20(31)25-16-9-10-19(24-14-16)28-12-5-6-13-28/h2-4,7-10,14H,1,5-6,11-13,15H2,(H,25,31). The molecule has 1 aliphatic rings. The predicted octanol–water partition coefficient (Wildman–Crippen LogP) is 2.96. The maximum Gasteiger partial charge on any atom is 0.263 e. The van der Waals surface area contributed by atoms with E-state index in [4.69, 9.17) is 0 Å². The fourth-order valence-electron chi connectivity index (χ4n) is 4.04. The average molecular weight is 462 g/mol. The van der Waals surface area contributed by atoms with Crippen molar-refractivity contribution in [3.63, 3.8) is 0 Å². The van der Waals surface area contributed by atoms with Crippen LogP contribution in [0, 0.1) is 0 Å². The van der Waals surface area contributed by atoms with Crippen molar-refractivity contribution in [2.45, 2.75) is 24.5 Å². The zero-order valence-electron chi connectivity index (χ0n) is 18.0. The SMILES string of the molecule is C=CCn1c(=O)c2ccccc2n2c(SCC(=O)Nc3ccc(N4CCCC4)nc3)nnc12. The first-order valence-corrected chi connectivity index (χ1v) is 11.8. The number of aromatic nitrogens is 5. The summed E-state index contributed by atoms with van der Waals surface area (Å²) >= 11 is 1.26. The fraction of sp³-hybridized carbons (Fsp3) is 0.261. The van der Waals surface area contributed by atoms with Crippen LogP contribution in [0.1, 0.15) is 12.8 Å². The number of benzene rings is 1. The molecule has 3 aromatic heterocycles. The number of nitrogens with one attached hydrogen (secondary N) is 1. The number of anilines is 2. The topological polar surface area (TPSA) is 97.4 Å². The minimum atomic E-state index is -0.170.